The summed E-state index contributed by atoms with van der Waals surface area (Å²) in [7, 11) is 1.66. The van der Waals surface area contributed by atoms with E-state index in [1.165, 1.54) is 47.2 Å². The van der Waals surface area contributed by atoms with Crippen molar-refractivity contribution in [2.24, 2.45) is 0 Å². The van der Waals surface area contributed by atoms with Crippen LogP contribution >= 0.6 is 0 Å². The molecule has 2 N–H and O–H groups in total. The van der Waals surface area contributed by atoms with Crippen LogP contribution < -0.4 is 10.5 Å². The number of rotatable bonds is 1. The lowest BCUT2D eigenvalue weighted by Crippen LogP contribution is -2.02. The summed E-state index contributed by atoms with van der Waals surface area (Å²) in [5, 5.41) is 7.83. The van der Waals surface area contributed by atoms with Gasteiger partial charge in [0, 0.05) is 11.1 Å². The number of hydrogen-bond donors (Lipinski definition) is 1. The predicted molar refractivity (Wildman–Crippen MR) is 133 cm³/mol. The highest BCUT2D eigenvalue weighted by Gasteiger charge is 2.13. The van der Waals surface area contributed by atoms with Crippen molar-refractivity contribution >= 4 is 38.0 Å². The second-order valence-corrected chi connectivity index (χ2v) is 8.23. The Hall–Kier alpha value is -3.52. The molecule has 0 bridgehead atoms. The Morgan fingerprint density at radius 2 is 1.42 bits per heavy atom. The van der Waals surface area contributed by atoms with Gasteiger partial charge in [0.2, 0.25) is 0 Å². The Morgan fingerprint density at radius 3 is 2.32 bits per heavy atom. The Kier molecular flexibility index (Phi) is 5.21. The fourth-order valence-corrected chi connectivity index (χ4v) is 4.76. The second kappa shape index (κ2) is 8.31. The Bertz CT molecular complexity index is 1390. The summed E-state index contributed by atoms with van der Waals surface area (Å²) in [6.45, 7) is 0. The van der Waals surface area contributed by atoms with E-state index in [0.29, 0.717) is 0 Å². The van der Waals surface area contributed by atoms with E-state index in [4.69, 9.17) is 10.5 Å². The van der Waals surface area contributed by atoms with Crippen LogP contribution in [-0.4, -0.2) is 7.11 Å². The summed E-state index contributed by atoms with van der Waals surface area (Å²) >= 11 is 0. The Labute approximate surface area is 183 Å². The van der Waals surface area contributed by atoms with Crippen molar-refractivity contribution in [1.82, 2.24) is 0 Å². The van der Waals surface area contributed by atoms with E-state index in [9.17, 15) is 0 Å². The summed E-state index contributed by atoms with van der Waals surface area (Å²) in [5.41, 5.74) is 9.79. The minimum atomic E-state index is 0.806. The van der Waals surface area contributed by atoms with Crippen molar-refractivity contribution in [3.8, 4) is 5.75 Å². The monoisotopic (exact) mass is 405 g/mol. The van der Waals surface area contributed by atoms with E-state index in [1.54, 1.807) is 18.2 Å². The Morgan fingerprint density at radius 1 is 0.645 bits per heavy atom. The van der Waals surface area contributed by atoms with Crippen molar-refractivity contribution < 1.29 is 4.74 Å². The maximum absolute atomic E-state index is 5.81. The molecule has 1 aliphatic carbocycles. The van der Waals surface area contributed by atoms with Gasteiger partial charge in [0.15, 0.2) is 0 Å². The molecule has 0 heterocycles. The number of ether oxygens (including phenoxy) is 1. The van der Waals surface area contributed by atoms with E-state index >= 15 is 0 Å². The van der Waals surface area contributed by atoms with Crippen LogP contribution in [0.15, 0.2) is 84.9 Å². The van der Waals surface area contributed by atoms with Crippen LogP contribution in [0.1, 0.15) is 24.0 Å². The van der Waals surface area contributed by atoms with Crippen LogP contribution in [0.25, 0.3) is 32.3 Å². The van der Waals surface area contributed by atoms with Crippen molar-refractivity contribution in [2.45, 2.75) is 25.7 Å². The first-order valence-corrected chi connectivity index (χ1v) is 11.0. The van der Waals surface area contributed by atoms with Gasteiger partial charge in [-0.2, -0.15) is 0 Å². The molecular formula is C29H27NO. The zero-order valence-electron chi connectivity index (χ0n) is 17.9. The van der Waals surface area contributed by atoms with Crippen molar-refractivity contribution in [3.05, 3.63) is 96.1 Å². The average Bonchev–Trinajstić information content (AvgIpc) is 2.84. The number of aryl methyl sites for hydroxylation is 2. The third-order valence-corrected chi connectivity index (χ3v) is 6.38. The minimum absolute atomic E-state index is 0.806. The molecule has 5 aromatic rings. The van der Waals surface area contributed by atoms with E-state index < -0.39 is 0 Å². The third kappa shape index (κ3) is 3.70. The van der Waals surface area contributed by atoms with Crippen LogP contribution in [0.2, 0.25) is 0 Å². The van der Waals surface area contributed by atoms with Gasteiger partial charge in [-0.3, -0.25) is 0 Å². The fraction of sp³-hybridized carbons (Fsp3) is 0.172. The van der Waals surface area contributed by atoms with Gasteiger partial charge in [0.25, 0.3) is 0 Å². The van der Waals surface area contributed by atoms with E-state index in [2.05, 4.69) is 48.5 Å². The molecule has 0 saturated heterocycles. The van der Waals surface area contributed by atoms with Gasteiger partial charge in [0.1, 0.15) is 5.75 Å². The number of benzene rings is 5. The molecule has 6 rings (SSSR count). The Balaban J connectivity index is 0.000000140. The molecule has 1 aliphatic rings. The van der Waals surface area contributed by atoms with Gasteiger partial charge in [-0.25, -0.2) is 0 Å². The zero-order chi connectivity index (χ0) is 21.2. The second-order valence-electron chi connectivity index (χ2n) is 8.23. The lowest BCUT2D eigenvalue weighted by Gasteiger charge is -2.18. The topological polar surface area (TPSA) is 35.2 Å². The van der Waals surface area contributed by atoms with Crippen LogP contribution in [-0.2, 0) is 12.8 Å². The van der Waals surface area contributed by atoms with Gasteiger partial charge >= 0.3 is 0 Å². The lowest BCUT2D eigenvalue weighted by molar-refractivity contribution is 0.415. The molecule has 154 valence electrons. The minimum Gasteiger partial charge on any atom is -0.497 e. The van der Waals surface area contributed by atoms with Crippen LogP contribution in [0.3, 0.4) is 0 Å². The SMILES string of the molecule is COc1ccc2c(N)cccc2c1.c1ccc2c(c1)ccc1c3c(ccc12)CCCC3. The average molecular weight is 406 g/mol. The summed E-state index contributed by atoms with van der Waals surface area (Å²) in [5.74, 6) is 0.859. The summed E-state index contributed by atoms with van der Waals surface area (Å²) < 4.78 is 5.12. The van der Waals surface area contributed by atoms with Gasteiger partial charge < -0.3 is 10.5 Å². The molecule has 0 atom stereocenters. The first kappa shape index (κ1) is 19.4. The van der Waals surface area contributed by atoms with Gasteiger partial charge in [0.05, 0.1) is 7.11 Å². The zero-order valence-corrected chi connectivity index (χ0v) is 17.9. The number of nitrogens with two attached hydrogens (primary N) is 1. The van der Waals surface area contributed by atoms with Crippen LogP contribution in [0.4, 0.5) is 5.69 Å². The summed E-state index contributed by atoms with van der Waals surface area (Å²) in [6, 6.07) is 29.7. The predicted octanol–water partition coefficient (Wildman–Crippen LogP) is 7.30. The lowest BCUT2D eigenvalue weighted by atomic mass is 9.86. The fourth-order valence-electron chi connectivity index (χ4n) is 4.76. The number of fused-ring (bicyclic) bond motifs is 6. The van der Waals surface area contributed by atoms with Crippen molar-refractivity contribution in [3.63, 3.8) is 0 Å². The van der Waals surface area contributed by atoms with Gasteiger partial charge in [-0.15, -0.1) is 0 Å². The van der Waals surface area contributed by atoms with Gasteiger partial charge in [-0.05, 0) is 88.0 Å². The van der Waals surface area contributed by atoms with Crippen molar-refractivity contribution in [1.29, 1.82) is 0 Å². The molecule has 0 saturated carbocycles. The molecule has 2 heteroatoms. The third-order valence-electron chi connectivity index (χ3n) is 6.38. The molecule has 0 aliphatic heterocycles. The number of anilines is 1. The smallest absolute Gasteiger partial charge is 0.119 e. The molecular weight excluding hydrogens is 378 g/mol. The highest BCUT2D eigenvalue weighted by Crippen LogP contribution is 2.33. The van der Waals surface area contributed by atoms with E-state index in [1.807, 2.05) is 36.4 Å². The molecule has 0 amide bonds. The highest BCUT2D eigenvalue weighted by molar-refractivity contribution is 6.08. The van der Waals surface area contributed by atoms with Crippen LogP contribution in [0.5, 0.6) is 5.75 Å². The van der Waals surface area contributed by atoms with E-state index in [-0.39, 0.29) is 0 Å². The maximum Gasteiger partial charge on any atom is 0.119 e. The molecule has 2 nitrogen and oxygen atoms in total. The molecule has 5 aromatic carbocycles. The molecule has 0 spiro atoms. The molecule has 0 unspecified atom stereocenters. The van der Waals surface area contributed by atoms with Gasteiger partial charge in [-0.1, -0.05) is 60.7 Å². The summed E-state index contributed by atoms with van der Waals surface area (Å²) in [6.07, 6.45) is 5.22. The highest BCUT2D eigenvalue weighted by atomic mass is 16.5. The van der Waals surface area contributed by atoms with E-state index in [0.717, 1.165) is 22.2 Å². The van der Waals surface area contributed by atoms with Crippen LogP contribution in [0, 0.1) is 0 Å². The standard InChI is InChI=1S/C18H16.C11H11NO/c1-3-7-15-13(5-1)9-11-18-16-8-4-2-6-14(16)10-12-17(15)18;1-13-9-5-6-10-8(7-9)3-2-4-11(10)12/h1,3,5,7,9-12H,2,4,6,8H2;2-7H,12H2,1H3. The molecule has 0 radical (unpaired) electrons. The largest absolute Gasteiger partial charge is 0.497 e. The maximum atomic E-state index is 5.81. The number of nitrogen functional groups attached to an aromatic ring is 1. The molecule has 0 fully saturated rings. The number of hydrogen-bond acceptors (Lipinski definition) is 2. The quantitative estimate of drug-likeness (QED) is 0.234. The normalized spacial score (nSPS) is 12.9. The first-order valence-electron chi connectivity index (χ1n) is 11.0. The first-order chi connectivity index (χ1) is 15.2. The molecule has 0 aromatic heterocycles. The molecule has 31 heavy (non-hydrogen) atoms. The number of methoxy groups -OCH3 is 1. The van der Waals surface area contributed by atoms with Crippen molar-refractivity contribution in [2.75, 3.05) is 12.8 Å². The summed E-state index contributed by atoms with van der Waals surface area (Å²) in [4.78, 5) is 0.